The highest BCUT2D eigenvalue weighted by Crippen LogP contribution is 2.44. The van der Waals surface area contributed by atoms with Crippen LogP contribution in [0.4, 0.5) is 0 Å². The number of benzene rings is 5. The lowest BCUT2D eigenvalue weighted by Gasteiger charge is -2.31. The van der Waals surface area contributed by atoms with Gasteiger partial charge in [-0.05, 0) is 131 Å². The first-order valence-electron chi connectivity index (χ1n) is 22.7. The first kappa shape index (κ1) is 42.8. The second kappa shape index (κ2) is 15.3. The fourth-order valence-electron chi connectivity index (χ4n) is 10.1. The third-order valence-corrected chi connectivity index (χ3v) is 14.5. The first-order valence-corrected chi connectivity index (χ1v) is 23.5. The van der Waals surface area contributed by atoms with Crippen molar-refractivity contribution in [3.8, 4) is 45.2 Å². The van der Waals surface area contributed by atoms with E-state index < -0.39 is 0 Å². The third-order valence-electron chi connectivity index (χ3n) is 13.2. The average molecular weight is 849 g/mol. The van der Waals surface area contributed by atoms with E-state index in [9.17, 15) is 5.11 Å². The molecule has 0 fully saturated rings. The molecule has 0 radical (unpaired) electrons. The lowest BCUT2D eigenvalue weighted by Crippen LogP contribution is -2.58. The summed E-state index contributed by atoms with van der Waals surface area (Å²) in [4.78, 5) is 7.10. The van der Waals surface area contributed by atoms with Crippen molar-refractivity contribution in [2.45, 2.75) is 121 Å². The quantitative estimate of drug-likeness (QED) is 0.162. The molecule has 0 unspecified atom stereocenters. The molecule has 8 aromatic rings. The van der Waals surface area contributed by atoms with Gasteiger partial charge in [0.25, 0.3) is 0 Å². The van der Waals surface area contributed by atoms with Gasteiger partial charge in [0.15, 0.2) is 0 Å². The number of hydrogen-bond donors (Lipinski definition) is 1. The molecule has 320 valence electrons. The highest BCUT2D eigenvalue weighted by Gasteiger charge is 2.38. The number of nitrogens with zero attached hydrogens (tertiary/aromatic N) is 4. The number of aromatic nitrogens is 4. The normalized spacial score (nSPS) is 13.0. The van der Waals surface area contributed by atoms with Crippen LogP contribution in [0.5, 0.6) is 5.75 Å². The van der Waals surface area contributed by atoms with Gasteiger partial charge in [-0.2, -0.15) is 5.10 Å². The predicted molar refractivity (Wildman–Crippen MR) is 270 cm³/mol. The van der Waals surface area contributed by atoms with Crippen LogP contribution in [0.3, 0.4) is 0 Å². The van der Waals surface area contributed by atoms with Crippen molar-refractivity contribution in [1.82, 2.24) is 19.7 Å². The molecule has 0 amide bonds. The molecule has 0 atom stereocenters. The number of para-hydroxylation sites is 1. The Morgan fingerprint density at radius 2 is 1.41 bits per heavy atom. The summed E-state index contributed by atoms with van der Waals surface area (Å²) >= 11 is 1.88. The molecule has 0 spiro atoms. The first-order chi connectivity index (χ1) is 29.7. The van der Waals surface area contributed by atoms with Gasteiger partial charge in [-0.15, -0.1) is 16.4 Å². The minimum Gasteiger partial charge on any atom is -0.507 e. The van der Waals surface area contributed by atoms with Gasteiger partial charge >= 0.3 is 0 Å². The Morgan fingerprint density at radius 3 is 2.08 bits per heavy atom. The van der Waals surface area contributed by atoms with Crippen LogP contribution in [0.25, 0.3) is 60.6 Å². The zero-order valence-electron chi connectivity index (χ0n) is 39.7. The van der Waals surface area contributed by atoms with E-state index in [1.807, 2.05) is 24.3 Å². The summed E-state index contributed by atoms with van der Waals surface area (Å²) in [6, 6.07) is 31.6. The molecule has 0 saturated carbocycles. The summed E-state index contributed by atoms with van der Waals surface area (Å²) in [5, 5.41) is 22.9. The molecule has 5 nitrogen and oxygen atoms in total. The van der Waals surface area contributed by atoms with Crippen molar-refractivity contribution in [2.24, 2.45) is 5.41 Å². The summed E-state index contributed by atoms with van der Waals surface area (Å²) in [6.45, 7) is 31.5. The summed E-state index contributed by atoms with van der Waals surface area (Å²) < 4.78 is 3.54. The van der Waals surface area contributed by atoms with E-state index in [4.69, 9.17) is 15.2 Å². The molecule has 0 bridgehead atoms. The van der Waals surface area contributed by atoms with E-state index >= 15 is 0 Å². The summed E-state index contributed by atoms with van der Waals surface area (Å²) in [6.07, 6.45) is 1.00. The lowest BCUT2D eigenvalue weighted by atomic mass is 9.33. The van der Waals surface area contributed by atoms with E-state index in [1.165, 1.54) is 53.6 Å². The fraction of sp³-hybridized carbons (Fsp3) is 0.339. The average Bonchev–Trinajstić information content (AvgIpc) is 3.77. The van der Waals surface area contributed by atoms with Gasteiger partial charge in [0.1, 0.15) is 17.3 Å². The Kier molecular flexibility index (Phi) is 10.4. The van der Waals surface area contributed by atoms with E-state index in [-0.39, 0.29) is 23.3 Å². The Labute approximate surface area is 378 Å². The zero-order chi connectivity index (χ0) is 45.0. The van der Waals surface area contributed by atoms with E-state index in [1.54, 1.807) is 0 Å². The number of hydrogen-bond acceptors (Lipinski definition) is 5. The lowest BCUT2D eigenvalue weighted by molar-refractivity contribution is 0.414. The van der Waals surface area contributed by atoms with Crippen LogP contribution >= 0.6 is 11.3 Å². The minimum absolute atomic E-state index is 0.0180. The highest BCUT2D eigenvalue weighted by molar-refractivity contribution is 7.19. The molecule has 0 saturated heterocycles. The van der Waals surface area contributed by atoms with Gasteiger partial charge in [0.2, 0.25) is 6.71 Å². The molecule has 7 heteroatoms. The number of aryl methyl sites for hydroxylation is 4. The van der Waals surface area contributed by atoms with Crippen molar-refractivity contribution in [3.63, 3.8) is 0 Å². The third kappa shape index (κ3) is 7.21. The van der Waals surface area contributed by atoms with Crippen molar-refractivity contribution in [2.75, 3.05) is 0 Å². The van der Waals surface area contributed by atoms with Crippen LogP contribution in [0.15, 0.2) is 84.9 Å². The molecule has 5 aromatic carbocycles. The van der Waals surface area contributed by atoms with Crippen LogP contribution in [-0.4, -0.2) is 31.6 Å². The zero-order valence-corrected chi connectivity index (χ0v) is 40.5. The SMILES string of the molecule is Cc1cc(C)c(O)c(-c2nc3c(-c4cc(-c5nnc(C)c6c(C)c(CC(C)(C)C)sc56)cc(C(C)(C)C)c4)ccc4c3n2-c2ccccc2B4c2c(C(C)C)cccc2C(C)C)c1. The number of fused-ring (bicyclic) bond motifs is 3. The summed E-state index contributed by atoms with van der Waals surface area (Å²) in [7, 11) is 0. The molecule has 1 aliphatic rings. The highest BCUT2D eigenvalue weighted by atomic mass is 32.1. The molecular weight excluding hydrogens is 788 g/mol. The van der Waals surface area contributed by atoms with Gasteiger partial charge in [0.05, 0.1) is 27.0 Å². The van der Waals surface area contributed by atoms with E-state index in [0.29, 0.717) is 11.8 Å². The van der Waals surface area contributed by atoms with Crippen molar-refractivity contribution in [3.05, 3.63) is 129 Å². The van der Waals surface area contributed by atoms with Gasteiger partial charge in [-0.25, -0.2) is 4.98 Å². The maximum Gasteiger partial charge on any atom is 0.247 e. The Balaban J connectivity index is 1.39. The molecule has 9 rings (SSSR count). The monoisotopic (exact) mass is 848 g/mol. The van der Waals surface area contributed by atoms with Gasteiger partial charge in [0, 0.05) is 27.1 Å². The number of rotatable bonds is 7. The van der Waals surface area contributed by atoms with Crippen LogP contribution in [-0.2, 0) is 11.8 Å². The standard InChI is InChI=1S/C56H61BN4OS/c1-30(2)39-18-17-19-40(31(3)4)48(39)57-43-20-15-16-21-45(43)61-51-44(57)23-22-41(50(51)58-54(61)42-25-32(5)24-33(6)52(42)62)36-26-37(28-38(27-36)56(12,13)14)49-53-47(35(8)59-60-49)34(7)46(63-53)29-55(9,10)11/h15-28,30-31,62H,29H2,1-14H3. The summed E-state index contributed by atoms with van der Waals surface area (Å²) in [5.74, 6) is 1.68. The fourth-order valence-corrected chi connectivity index (χ4v) is 11.8. The molecule has 4 heterocycles. The Morgan fingerprint density at radius 1 is 0.730 bits per heavy atom. The predicted octanol–water partition coefficient (Wildman–Crippen LogP) is 12.9. The Hall–Kier alpha value is -5.53. The van der Waals surface area contributed by atoms with Crippen molar-refractivity contribution >= 4 is 55.6 Å². The number of thiophene rings is 1. The summed E-state index contributed by atoms with van der Waals surface area (Å²) in [5.41, 5.74) is 20.0. The molecule has 1 aliphatic heterocycles. The van der Waals surface area contributed by atoms with E-state index in [0.717, 1.165) is 73.7 Å². The van der Waals surface area contributed by atoms with Gasteiger partial charge in [-0.3, -0.25) is 4.57 Å². The molecule has 1 N–H and O–H groups in total. The molecule has 63 heavy (non-hydrogen) atoms. The van der Waals surface area contributed by atoms with Crippen LogP contribution in [0, 0.1) is 33.1 Å². The minimum atomic E-state index is -0.150. The Bertz CT molecular complexity index is 3110. The van der Waals surface area contributed by atoms with Crippen molar-refractivity contribution < 1.29 is 5.11 Å². The molecule has 0 aliphatic carbocycles. The maximum absolute atomic E-state index is 11.9. The van der Waals surface area contributed by atoms with E-state index in [2.05, 4.69) is 173 Å². The largest absolute Gasteiger partial charge is 0.507 e. The topological polar surface area (TPSA) is 63.8 Å². The number of phenols is 1. The van der Waals surface area contributed by atoms with Crippen LogP contribution in [0.2, 0.25) is 0 Å². The van der Waals surface area contributed by atoms with Gasteiger partial charge in [-0.1, -0.05) is 135 Å². The number of aromatic hydroxyl groups is 1. The van der Waals surface area contributed by atoms with Crippen molar-refractivity contribution in [1.29, 1.82) is 0 Å². The molecule has 3 aromatic heterocycles. The second-order valence-corrected chi connectivity index (χ2v) is 22.2. The smallest absolute Gasteiger partial charge is 0.247 e. The number of imidazole rings is 1. The second-order valence-electron chi connectivity index (χ2n) is 21.1. The molecular formula is C56H61BN4OS. The number of phenolic OH excluding ortho intramolecular Hbond substituents is 1. The van der Waals surface area contributed by atoms with Crippen LogP contribution < -0.4 is 16.4 Å². The van der Waals surface area contributed by atoms with Crippen LogP contribution in [0.1, 0.15) is 125 Å². The van der Waals surface area contributed by atoms with Gasteiger partial charge < -0.3 is 5.11 Å². The maximum atomic E-state index is 11.9.